The summed E-state index contributed by atoms with van der Waals surface area (Å²) < 4.78 is 29.7. The summed E-state index contributed by atoms with van der Waals surface area (Å²) in [5.41, 5.74) is 0.651. The number of nitrogens with one attached hydrogen (secondary N) is 1. The Morgan fingerprint density at radius 2 is 1.77 bits per heavy atom. The molecule has 39 heavy (non-hydrogen) atoms. The van der Waals surface area contributed by atoms with Crippen LogP contribution in [0.4, 0.5) is 8.78 Å². The highest BCUT2D eigenvalue weighted by atomic mass is 32.1. The van der Waals surface area contributed by atoms with E-state index in [-0.39, 0.29) is 49.3 Å². The number of amides is 1. The van der Waals surface area contributed by atoms with Crippen LogP contribution in [0.5, 0.6) is 0 Å². The van der Waals surface area contributed by atoms with Gasteiger partial charge in [0.1, 0.15) is 11.6 Å². The number of alkyl halides is 2. The van der Waals surface area contributed by atoms with Gasteiger partial charge in [-0.25, -0.2) is 8.78 Å². The summed E-state index contributed by atoms with van der Waals surface area (Å²) in [6, 6.07) is 3.01. The smallest absolute Gasteiger partial charge is 0.248 e. The number of fused-ring (bicyclic) bond motifs is 2. The first-order valence-electron chi connectivity index (χ1n) is 14.5. The van der Waals surface area contributed by atoms with Gasteiger partial charge in [0.15, 0.2) is 5.78 Å². The molecule has 2 aromatic rings. The van der Waals surface area contributed by atoms with Crippen LogP contribution < -0.4 is 5.32 Å². The summed E-state index contributed by atoms with van der Waals surface area (Å²) in [5, 5.41) is 13.9. The second-order valence-electron chi connectivity index (χ2n) is 12.2. The molecular formula is C29H41F2N5O2S. The van der Waals surface area contributed by atoms with Crippen molar-refractivity contribution in [2.75, 3.05) is 6.54 Å². The first-order chi connectivity index (χ1) is 18.5. The van der Waals surface area contributed by atoms with E-state index in [0.717, 1.165) is 42.3 Å². The molecule has 1 N–H and O–H groups in total. The minimum absolute atomic E-state index is 0.00209. The Bertz CT molecular complexity index is 1170. The van der Waals surface area contributed by atoms with Crippen molar-refractivity contribution in [3.63, 3.8) is 0 Å². The van der Waals surface area contributed by atoms with E-state index in [9.17, 15) is 18.4 Å². The number of halogens is 2. The molecule has 5 rings (SSSR count). The maximum Gasteiger partial charge on any atom is 0.248 e. The fourth-order valence-electron chi connectivity index (χ4n) is 6.93. The van der Waals surface area contributed by atoms with Crippen LogP contribution in [0.3, 0.4) is 0 Å². The standard InChI is InChI=1S/C29H41F2N5O2S/c1-17(2)27-34-33-19(4)36(27)24-14-22-5-6-23(15-24)35(22)12-9-25(26-13-21(16-39-26)18(3)37)32-28(38)20-7-10-29(30,31)11-8-20/h13,16-17,20,22-25H,5-12,14-15H2,1-4H3,(H,32,38)/t22-,23+,24?,25-/m0/s1. The highest BCUT2D eigenvalue weighted by Crippen LogP contribution is 2.43. The molecule has 3 aliphatic rings. The first-order valence-corrected chi connectivity index (χ1v) is 15.3. The molecule has 4 atom stereocenters. The number of hydrogen-bond donors (Lipinski definition) is 1. The Morgan fingerprint density at radius 1 is 1.10 bits per heavy atom. The highest BCUT2D eigenvalue weighted by molar-refractivity contribution is 7.10. The van der Waals surface area contributed by atoms with Crippen molar-refractivity contribution in [3.05, 3.63) is 33.5 Å². The zero-order chi connectivity index (χ0) is 27.9. The molecule has 10 heteroatoms. The van der Waals surface area contributed by atoms with Crippen molar-refractivity contribution in [1.82, 2.24) is 25.0 Å². The third kappa shape index (κ3) is 6.11. The van der Waals surface area contributed by atoms with E-state index in [0.29, 0.717) is 29.6 Å². The van der Waals surface area contributed by atoms with Gasteiger partial charge in [0.2, 0.25) is 11.8 Å². The highest BCUT2D eigenvalue weighted by Gasteiger charge is 2.43. The number of carbonyl (C=O) groups excluding carboxylic acids is 2. The molecule has 3 fully saturated rings. The Morgan fingerprint density at radius 3 is 2.36 bits per heavy atom. The minimum atomic E-state index is -2.66. The van der Waals surface area contributed by atoms with Gasteiger partial charge in [-0.1, -0.05) is 13.8 Å². The number of aryl methyl sites for hydroxylation is 1. The number of nitrogens with zero attached hydrogens (tertiary/aromatic N) is 4. The van der Waals surface area contributed by atoms with E-state index in [1.807, 2.05) is 18.4 Å². The summed E-state index contributed by atoms with van der Waals surface area (Å²) in [6.07, 6.45) is 5.16. The monoisotopic (exact) mass is 561 g/mol. The van der Waals surface area contributed by atoms with Gasteiger partial charge in [0.05, 0.1) is 6.04 Å². The molecule has 1 amide bonds. The molecule has 4 heterocycles. The molecule has 1 unspecified atom stereocenters. The van der Waals surface area contributed by atoms with Gasteiger partial charge in [-0.2, -0.15) is 0 Å². The third-order valence-electron chi connectivity index (χ3n) is 9.08. The number of carbonyl (C=O) groups is 2. The van der Waals surface area contributed by atoms with Crippen molar-refractivity contribution in [3.8, 4) is 0 Å². The number of thiophene rings is 1. The molecular weight excluding hydrogens is 520 g/mol. The summed E-state index contributed by atoms with van der Waals surface area (Å²) in [5.74, 6) is -0.805. The molecule has 214 valence electrons. The number of Topliss-reactive ketones (excluding diaryl/α,β-unsaturated/α-hetero) is 1. The molecule has 2 aliphatic heterocycles. The summed E-state index contributed by atoms with van der Waals surface area (Å²) in [6.45, 7) is 8.77. The van der Waals surface area contributed by atoms with E-state index in [2.05, 4.69) is 38.8 Å². The quantitative estimate of drug-likeness (QED) is 0.368. The second-order valence-corrected chi connectivity index (χ2v) is 13.1. The van der Waals surface area contributed by atoms with Gasteiger partial charge in [-0.05, 0) is 64.9 Å². The lowest BCUT2D eigenvalue weighted by Gasteiger charge is -2.40. The predicted molar refractivity (Wildman–Crippen MR) is 147 cm³/mol. The van der Waals surface area contributed by atoms with E-state index in [4.69, 9.17) is 0 Å². The third-order valence-corrected chi connectivity index (χ3v) is 10.1. The Kier molecular flexibility index (Phi) is 8.25. The molecule has 1 saturated carbocycles. The van der Waals surface area contributed by atoms with Crippen LogP contribution in [0.1, 0.15) is 123 Å². The average molecular weight is 562 g/mol. The number of aromatic nitrogens is 3. The fraction of sp³-hybridized carbons (Fsp3) is 0.724. The van der Waals surface area contributed by atoms with Crippen LogP contribution in [0, 0.1) is 12.8 Å². The van der Waals surface area contributed by atoms with E-state index in [1.54, 1.807) is 6.92 Å². The fourth-order valence-corrected chi connectivity index (χ4v) is 7.96. The van der Waals surface area contributed by atoms with Gasteiger partial charge in [-0.3, -0.25) is 14.5 Å². The molecule has 0 spiro atoms. The molecule has 0 aromatic carbocycles. The zero-order valence-corrected chi connectivity index (χ0v) is 24.3. The lowest BCUT2D eigenvalue weighted by Crippen LogP contribution is -2.45. The Labute approximate surface area is 233 Å². The van der Waals surface area contributed by atoms with Crippen LogP contribution in [0.15, 0.2) is 11.4 Å². The van der Waals surface area contributed by atoms with Crippen LogP contribution in [0.25, 0.3) is 0 Å². The average Bonchev–Trinajstić information content (AvgIpc) is 3.58. The van der Waals surface area contributed by atoms with Crippen LogP contribution >= 0.6 is 11.3 Å². The van der Waals surface area contributed by atoms with Crippen molar-refractivity contribution in [1.29, 1.82) is 0 Å². The van der Waals surface area contributed by atoms with Crippen molar-refractivity contribution in [2.45, 2.75) is 121 Å². The number of ketones is 1. The molecule has 2 aromatic heterocycles. The first kappa shape index (κ1) is 28.3. The van der Waals surface area contributed by atoms with Crippen LogP contribution in [-0.4, -0.2) is 55.9 Å². The van der Waals surface area contributed by atoms with Crippen molar-refractivity contribution >= 4 is 23.0 Å². The van der Waals surface area contributed by atoms with Gasteiger partial charge in [-0.15, -0.1) is 21.5 Å². The molecule has 2 bridgehead atoms. The Balaban J connectivity index is 1.27. The second kappa shape index (κ2) is 11.4. The predicted octanol–water partition coefficient (Wildman–Crippen LogP) is 6.22. The summed E-state index contributed by atoms with van der Waals surface area (Å²) in [7, 11) is 0. The maximum atomic E-state index is 13.7. The van der Waals surface area contributed by atoms with Gasteiger partial charge in [0, 0.05) is 65.2 Å². The number of rotatable bonds is 9. The number of piperidine rings is 1. The normalized spacial score (nSPS) is 26.2. The summed E-state index contributed by atoms with van der Waals surface area (Å²) >= 11 is 1.49. The molecule has 1 aliphatic carbocycles. The summed E-state index contributed by atoms with van der Waals surface area (Å²) in [4.78, 5) is 28.7. The lowest BCUT2D eigenvalue weighted by molar-refractivity contribution is -0.130. The topological polar surface area (TPSA) is 80.1 Å². The minimum Gasteiger partial charge on any atom is -0.348 e. The molecule has 0 radical (unpaired) electrons. The van der Waals surface area contributed by atoms with Crippen LogP contribution in [0.2, 0.25) is 0 Å². The molecule has 2 saturated heterocycles. The van der Waals surface area contributed by atoms with E-state index < -0.39 is 5.92 Å². The Hall–Kier alpha value is -2.20. The molecule has 7 nitrogen and oxygen atoms in total. The largest absolute Gasteiger partial charge is 0.348 e. The van der Waals surface area contributed by atoms with Gasteiger partial charge in [0.25, 0.3) is 0 Å². The van der Waals surface area contributed by atoms with E-state index >= 15 is 0 Å². The van der Waals surface area contributed by atoms with Crippen molar-refractivity contribution < 1.29 is 18.4 Å². The van der Waals surface area contributed by atoms with E-state index in [1.165, 1.54) is 24.2 Å². The maximum absolute atomic E-state index is 13.7. The van der Waals surface area contributed by atoms with Gasteiger partial charge >= 0.3 is 0 Å². The lowest BCUT2D eigenvalue weighted by atomic mass is 9.86. The number of hydrogen-bond acceptors (Lipinski definition) is 6. The van der Waals surface area contributed by atoms with Crippen molar-refractivity contribution in [2.24, 2.45) is 5.92 Å². The zero-order valence-electron chi connectivity index (χ0n) is 23.5. The SMILES string of the molecule is CC(=O)c1csc([C@H](CCN2[C@@H]3CC[C@H]2CC(n2c(C)nnc2C(C)C)C3)NC(=O)C2CCC(F)(F)CC2)c1. The van der Waals surface area contributed by atoms with Gasteiger partial charge < -0.3 is 9.88 Å². The van der Waals surface area contributed by atoms with Crippen LogP contribution in [-0.2, 0) is 4.79 Å².